The molecule has 0 N–H and O–H groups in total. The van der Waals surface area contributed by atoms with E-state index in [9.17, 15) is 0 Å². The lowest BCUT2D eigenvalue weighted by molar-refractivity contribution is 0.959. The Bertz CT molecular complexity index is 3040. The van der Waals surface area contributed by atoms with Gasteiger partial charge in [-0.15, -0.1) is 0 Å². The summed E-state index contributed by atoms with van der Waals surface area (Å²) in [6, 6.07) is 5.79. The van der Waals surface area contributed by atoms with Crippen LogP contribution in [0.1, 0.15) is 137 Å². The molecule has 10 aromatic heterocycles. The summed E-state index contributed by atoms with van der Waals surface area (Å²) in [6.07, 6.45) is 22.5. The minimum atomic E-state index is 0.829. The fourth-order valence-corrected chi connectivity index (χ4v) is 5.99. The summed E-state index contributed by atoms with van der Waals surface area (Å²) < 4.78 is 0. The van der Waals surface area contributed by atoms with E-state index in [1.54, 1.807) is 62.2 Å². The Hall–Kier alpha value is -9.20. The number of aryl methyl sites for hydroxylation is 24. The van der Waals surface area contributed by atoms with Gasteiger partial charge in [0.15, 0.2) is 0 Å². The molecule has 0 radical (unpaired) electrons. The van der Waals surface area contributed by atoms with E-state index in [0.29, 0.717) is 0 Å². The number of rotatable bonds is 0. The highest BCUT2D eigenvalue weighted by atomic mass is 14.9. The quantitative estimate of drug-likeness (QED) is 0.137. The van der Waals surface area contributed by atoms with E-state index in [1.807, 2.05) is 203 Å². The molecule has 0 bridgehead atoms. The molecule has 0 aromatic carbocycles. The van der Waals surface area contributed by atoms with Crippen LogP contribution in [-0.2, 0) is 0 Å². The second-order valence-electron chi connectivity index (χ2n) is 19.4. The van der Waals surface area contributed by atoms with E-state index in [1.165, 1.54) is 0 Å². The Morgan fingerprint density at radius 1 is 0.214 bits per heavy atom. The molecular formula is C64H88N20. The molecule has 0 atom stereocenters. The molecule has 0 spiro atoms. The van der Waals surface area contributed by atoms with Gasteiger partial charge in [0.05, 0.1) is 74.0 Å². The molecule has 0 fully saturated rings. The van der Waals surface area contributed by atoms with Crippen LogP contribution < -0.4 is 0 Å². The predicted octanol–water partition coefficient (Wildman–Crippen LogP) is 12.2. The second-order valence-corrected chi connectivity index (χ2v) is 19.4. The van der Waals surface area contributed by atoms with Crippen molar-refractivity contribution in [2.75, 3.05) is 0 Å². The van der Waals surface area contributed by atoms with Crippen LogP contribution in [0.3, 0.4) is 0 Å². The van der Waals surface area contributed by atoms with Crippen LogP contribution in [0, 0.1) is 166 Å². The highest BCUT2D eigenvalue weighted by molar-refractivity contribution is 5.16. The molecule has 0 aliphatic heterocycles. The van der Waals surface area contributed by atoms with Gasteiger partial charge in [-0.05, 0) is 195 Å². The fourth-order valence-electron chi connectivity index (χ4n) is 5.99. The summed E-state index contributed by atoms with van der Waals surface area (Å²) in [5.74, 6) is 2.52. The van der Waals surface area contributed by atoms with E-state index in [4.69, 9.17) is 0 Å². The Morgan fingerprint density at radius 3 is 0.952 bits per heavy atom. The summed E-state index contributed by atoms with van der Waals surface area (Å²) in [5, 5.41) is 0. The van der Waals surface area contributed by atoms with Gasteiger partial charge in [0, 0.05) is 102 Å². The first-order valence-electron chi connectivity index (χ1n) is 27.1. The number of nitrogens with zero attached hydrogens (tertiary/aromatic N) is 20. The Labute approximate surface area is 499 Å². The van der Waals surface area contributed by atoms with Crippen LogP contribution in [0.4, 0.5) is 0 Å². The largest absolute Gasteiger partial charge is 0.261 e. The zero-order valence-corrected chi connectivity index (χ0v) is 54.2. The number of hydrogen-bond acceptors (Lipinski definition) is 20. The van der Waals surface area contributed by atoms with Crippen LogP contribution in [0.2, 0.25) is 0 Å². The molecule has 0 aliphatic rings. The zero-order valence-electron chi connectivity index (χ0n) is 54.2. The normalized spacial score (nSPS) is 9.43. The maximum atomic E-state index is 4.31. The first-order valence-corrected chi connectivity index (χ1v) is 27.1. The van der Waals surface area contributed by atoms with E-state index in [2.05, 4.69) is 99.7 Å². The molecular weight excluding hydrogens is 1050 g/mol. The molecule has 84 heavy (non-hydrogen) atoms. The van der Waals surface area contributed by atoms with Crippen molar-refractivity contribution in [1.29, 1.82) is 0 Å². The minimum Gasteiger partial charge on any atom is -0.261 e. The highest BCUT2D eigenvalue weighted by Crippen LogP contribution is 2.05. The average molecular weight is 1140 g/mol. The van der Waals surface area contributed by atoms with Crippen molar-refractivity contribution >= 4 is 0 Å². The molecule has 10 aromatic rings. The van der Waals surface area contributed by atoms with Gasteiger partial charge < -0.3 is 0 Å². The van der Waals surface area contributed by atoms with Gasteiger partial charge in [0.1, 0.15) is 30.1 Å². The first-order chi connectivity index (χ1) is 39.5. The van der Waals surface area contributed by atoms with Gasteiger partial charge in [-0.1, -0.05) is 0 Å². The summed E-state index contributed by atoms with van der Waals surface area (Å²) in [5.41, 5.74) is 21.5. The zero-order chi connectivity index (χ0) is 63.3. The van der Waals surface area contributed by atoms with Crippen molar-refractivity contribution in [2.24, 2.45) is 0 Å². The molecule has 0 saturated carbocycles. The van der Waals surface area contributed by atoms with Crippen molar-refractivity contribution in [2.45, 2.75) is 166 Å². The second kappa shape index (κ2) is 40.1. The summed E-state index contributed by atoms with van der Waals surface area (Å²) in [4.78, 5) is 80.9. The molecule has 10 heterocycles. The van der Waals surface area contributed by atoms with Gasteiger partial charge in [-0.25, -0.2) is 49.8 Å². The topological polar surface area (TPSA) is 258 Å². The molecule has 0 saturated heterocycles. The molecule has 20 nitrogen and oxygen atoms in total. The van der Waals surface area contributed by atoms with Gasteiger partial charge in [0.2, 0.25) is 0 Å². The van der Waals surface area contributed by atoms with Crippen LogP contribution in [0.25, 0.3) is 0 Å². The lowest BCUT2D eigenvalue weighted by Gasteiger charge is -2.01. The van der Waals surface area contributed by atoms with Crippen molar-refractivity contribution in [1.82, 2.24) is 99.7 Å². The number of aromatic nitrogens is 20. The summed E-state index contributed by atoms with van der Waals surface area (Å²) >= 11 is 0. The number of hydrogen-bond donors (Lipinski definition) is 0. The molecule has 0 amide bonds. The fraction of sp³-hybridized carbons (Fsp3) is 0.375. The maximum Gasteiger partial charge on any atom is 0.125 e. The van der Waals surface area contributed by atoms with Crippen LogP contribution in [0.5, 0.6) is 0 Å². The van der Waals surface area contributed by atoms with Crippen molar-refractivity contribution in [3.05, 3.63) is 236 Å². The van der Waals surface area contributed by atoms with Gasteiger partial charge in [-0.2, -0.15) is 0 Å². The lowest BCUT2D eigenvalue weighted by atomic mass is 10.3. The van der Waals surface area contributed by atoms with Crippen LogP contribution >= 0.6 is 0 Å². The standard InChI is InChI=1S/C8H12N2.2C7H10N2.7C6H8N2/c1-5-6(2)10-8(4)7(3)9-5;1-5-4-8-6(2)7(3)9-5;1-5-4-6(2)9-7(3)8-5;1-5-3-7-4-8-6(5)2;1-5-3-8-6(2)4-7-5;1-5-3-7-4-6(2)8-5;1-5-3-6(2)8-4-7-5;1-5-3-7-6(2)8-4-5;1-5-6(2)8-4-3-7-5;1-5-3-4-7-6(2)8-5/h1-4H3;2*4H,1-3H3;7*3-4H,1-2H3. The summed E-state index contributed by atoms with van der Waals surface area (Å²) in [7, 11) is 0. The molecule has 20 heteroatoms. The third-order valence-corrected chi connectivity index (χ3v) is 11.0. The lowest BCUT2D eigenvalue weighted by Crippen LogP contribution is -1.97. The molecule has 0 aliphatic carbocycles. The first kappa shape index (κ1) is 72.8. The van der Waals surface area contributed by atoms with Crippen molar-refractivity contribution in [3.63, 3.8) is 0 Å². The van der Waals surface area contributed by atoms with E-state index in [-0.39, 0.29) is 0 Å². The Morgan fingerprint density at radius 2 is 0.643 bits per heavy atom. The molecule has 0 unspecified atom stereocenters. The van der Waals surface area contributed by atoms with E-state index in [0.717, 1.165) is 137 Å². The minimum absolute atomic E-state index is 0.829. The predicted molar refractivity (Wildman–Crippen MR) is 334 cm³/mol. The van der Waals surface area contributed by atoms with Crippen LogP contribution in [0.15, 0.2) is 99.0 Å². The SMILES string of the molecule is Cc1cc(C)nc(C)n1.Cc1cc(C)ncn1.Cc1ccnc(C)n1.Cc1cnc(C)c(C)n1.Cc1cnc(C)cn1.Cc1cnc(C)nc1.Cc1cncc(C)n1.Cc1cncnc1C.Cc1nc(C)c(C)nc1C.Cc1nccnc1C. The summed E-state index contributed by atoms with van der Waals surface area (Å²) in [6.45, 7) is 46.8. The van der Waals surface area contributed by atoms with Gasteiger partial charge in [0.25, 0.3) is 0 Å². The van der Waals surface area contributed by atoms with E-state index >= 15 is 0 Å². The van der Waals surface area contributed by atoms with Crippen LogP contribution in [-0.4, -0.2) is 99.7 Å². The smallest absolute Gasteiger partial charge is 0.125 e. The van der Waals surface area contributed by atoms with Crippen molar-refractivity contribution in [3.8, 4) is 0 Å². The monoisotopic (exact) mass is 1140 g/mol. The third kappa shape index (κ3) is 34.8. The Kier molecular flexibility index (Phi) is 34.7. The van der Waals surface area contributed by atoms with Gasteiger partial charge >= 0.3 is 0 Å². The third-order valence-electron chi connectivity index (χ3n) is 11.0. The van der Waals surface area contributed by atoms with Gasteiger partial charge in [-0.3, -0.25) is 49.8 Å². The molecule has 444 valence electrons. The molecule has 10 rings (SSSR count). The average Bonchev–Trinajstić information content (AvgIpc) is 3.57. The van der Waals surface area contributed by atoms with Crippen molar-refractivity contribution < 1.29 is 0 Å². The Balaban J connectivity index is 0.000000467. The highest BCUT2D eigenvalue weighted by Gasteiger charge is 1.99. The maximum absolute atomic E-state index is 4.31. The van der Waals surface area contributed by atoms with E-state index < -0.39 is 0 Å².